The van der Waals surface area contributed by atoms with Gasteiger partial charge in [-0.05, 0) is 6.42 Å². The van der Waals surface area contributed by atoms with Crippen molar-refractivity contribution in [3.8, 4) is 0 Å². The summed E-state index contributed by atoms with van der Waals surface area (Å²) < 4.78 is 9.49. The Hall–Kier alpha value is -0.140. The zero-order valence-electron chi connectivity index (χ0n) is 6.84. The molecule has 0 spiro atoms. The molecule has 0 radical (unpaired) electrons. The van der Waals surface area contributed by atoms with Crippen molar-refractivity contribution in [1.29, 1.82) is 0 Å². The monoisotopic (exact) mass is 178 g/mol. The minimum Gasteiger partial charge on any atom is -0.466 e. The van der Waals surface area contributed by atoms with Crippen molar-refractivity contribution < 1.29 is 14.1 Å². The van der Waals surface area contributed by atoms with E-state index in [-0.39, 0.29) is 5.97 Å². The van der Waals surface area contributed by atoms with Gasteiger partial charge in [-0.1, -0.05) is 13.3 Å². The van der Waals surface area contributed by atoms with Crippen molar-refractivity contribution in [2.75, 3.05) is 13.2 Å². The lowest BCUT2D eigenvalue weighted by Crippen LogP contribution is -2.07. The molecule has 3 nitrogen and oxygen atoms in total. The minimum absolute atomic E-state index is 0.180. The first-order valence-corrected chi connectivity index (χ1v) is 4.25. The lowest BCUT2D eigenvalue weighted by molar-refractivity contribution is -0.144. The van der Waals surface area contributed by atoms with E-state index in [1.54, 1.807) is 0 Å². The summed E-state index contributed by atoms with van der Waals surface area (Å²) in [5.41, 5.74) is 0. The van der Waals surface area contributed by atoms with E-state index in [9.17, 15) is 4.79 Å². The van der Waals surface area contributed by atoms with Gasteiger partial charge < -0.3 is 9.26 Å². The molecular weight excluding hydrogens is 163 g/mol. The number of esters is 1. The van der Waals surface area contributed by atoms with Gasteiger partial charge in [0.25, 0.3) is 0 Å². The van der Waals surface area contributed by atoms with Crippen LogP contribution in [0.25, 0.3) is 0 Å². The van der Waals surface area contributed by atoms with Crippen LogP contribution in [-0.2, 0) is 14.1 Å². The van der Waals surface area contributed by atoms with Crippen LogP contribution in [0, 0.1) is 0 Å². The molecule has 0 aromatic carbocycles. The van der Waals surface area contributed by atoms with Crippen molar-refractivity contribution >= 4 is 15.4 Å². The molecule has 0 aromatic rings. The Morgan fingerprint density at radius 2 is 2.18 bits per heavy atom. The molecule has 0 bridgehead atoms. The van der Waals surface area contributed by atoms with E-state index in [1.165, 1.54) is 0 Å². The van der Waals surface area contributed by atoms with Crippen LogP contribution in [0.4, 0.5) is 0 Å². The van der Waals surface area contributed by atoms with Gasteiger partial charge in [-0.15, -0.1) is 0 Å². The molecule has 0 aliphatic heterocycles. The molecule has 0 heterocycles. The Kier molecular flexibility index (Phi) is 7.86. The standard InChI is InChI=1S/C7H15O3P/c1-2-3-5-9-7(8)4-6-10-11/h2-6,11H2,1H3. The Morgan fingerprint density at radius 1 is 1.45 bits per heavy atom. The third-order valence-corrected chi connectivity index (χ3v) is 1.42. The second kappa shape index (κ2) is 7.96. The fraction of sp³-hybridized carbons (Fsp3) is 0.857. The lowest BCUT2D eigenvalue weighted by Gasteiger charge is -2.01. The predicted molar refractivity (Wildman–Crippen MR) is 46.1 cm³/mol. The van der Waals surface area contributed by atoms with Crippen LogP contribution < -0.4 is 0 Å². The smallest absolute Gasteiger partial charge is 0.308 e. The van der Waals surface area contributed by atoms with E-state index in [1.807, 2.05) is 0 Å². The average molecular weight is 178 g/mol. The molecule has 1 unspecified atom stereocenters. The van der Waals surface area contributed by atoms with Gasteiger partial charge in [0.1, 0.15) is 0 Å². The van der Waals surface area contributed by atoms with Gasteiger partial charge in [-0.2, -0.15) is 0 Å². The van der Waals surface area contributed by atoms with Gasteiger partial charge in [0, 0.05) is 9.47 Å². The van der Waals surface area contributed by atoms with E-state index in [0.29, 0.717) is 19.6 Å². The van der Waals surface area contributed by atoms with Gasteiger partial charge in [0.05, 0.1) is 19.6 Å². The number of hydrogen-bond acceptors (Lipinski definition) is 3. The maximum absolute atomic E-state index is 10.8. The number of carbonyl (C=O) groups excluding carboxylic acids is 1. The molecule has 0 fully saturated rings. The van der Waals surface area contributed by atoms with Gasteiger partial charge in [0.2, 0.25) is 0 Å². The van der Waals surface area contributed by atoms with Gasteiger partial charge >= 0.3 is 5.97 Å². The highest BCUT2D eigenvalue weighted by Gasteiger charge is 1.99. The van der Waals surface area contributed by atoms with Gasteiger partial charge in [-0.3, -0.25) is 4.79 Å². The maximum Gasteiger partial charge on any atom is 0.308 e. The topological polar surface area (TPSA) is 35.5 Å². The van der Waals surface area contributed by atoms with E-state index >= 15 is 0 Å². The fourth-order valence-electron chi connectivity index (χ4n) is 0.545. The number of ether oxygens (including phenoxy) is 1. The Morgan fingerprint density at radius 3 is 2.73 bits per heavy atom. The highest BCUT2D eigenvalue weighted by molar-refractivity contribution is 7.09. The third kappa shape index (κ3) is 7.76. The van der Waals surface area contributed by atoms with E-state index < -0.39 is 0 Å². The quantitative estimate of drug-likeness (QED) is 0.351. The van der Waals surface area contributed by atoms with Crippen LogP contribution in [0.2, 0.25) is 0 Å². The highest BCUT2D eigenvalue weighted by atomic mass is 31.0. The summed E-state index contributed by atoms with van der Waals surface area (Å²) in [4.78, 5) is 10.8. The number of rotatable bonds is 6. The zero-order chi connectivity index (χ0) is 8.53. The maximum atomic E-state index is 10.8. The van der Waals surface area contributed by atoms with Crippen LogP contribution in [0.3, 0.4) is 0 Å². The molecule has 66 valence electrons. The fourth-order valence-corrected chi connectivity index (χ4v) is 0.663. The van der Waals surface area contributed by atoms with E-state index in [2.05, 4.69) is 20.9 Å². The Labute approximate surface area is 69.7 Å². The largest absolute Gasteiger partial charge is 0.466 e. The number of hydrogen-bond donors (Lipinski definition) is 0. The zero-order valence-corrected chi connectivity index (χ0v) is 7.99. The minimum atomic E-state index is -0.180. The molecule has 0 saturated carbocycles. The summed E-state index contributed by atoms with van der Waals surface area (Å²) in [6.45, 7) is 3.00. The van der Waals surface area contributed by atoms with Crippen molar-refractivity contribution in [2.24, 2.45) is 0 Å². The van der Waals surface area contributed by atoms with Gasteiger partial charge in [-0.25, -0.2) is 0 Å². The van der Waals surface area contributed by atoms with Crippen LogP contribution >= 0.6 is 9.47 Å². The first kappa shape index (κ1) is 10.9. The molecule has 0 amide bonds. The lowest BCUT2D eigenvalue weighted by atomic mass is 10.4. The molecule has 0 aromatic heterocycles. The molecule has 0 aliphatic rings. The molecule has 1 atom stereocenters. The van der Waals surface area contributed by atoms with Crippen LogP contribution in [-0.4, -0.2) is 19.2 Å². The molecule has 0 rings (SSSR count). The highest BCUT2D eigenvalue weighted by Crippen LogP contribution is 1.94. The number of unbranched alkanes of at least 4 members (excludes halogenated alkanes) is 1. The van der Waals surface area contributed by atoms with Crippen molar-refractivity contribution in [3.63, 3.8) is 0 Å². The van der Waals surface area contributed by atoms with Crippen molar-refractivity contribution in [1.82, 2.24) is 0 Å². The molecule has 0 N–H and O–H groups in total. The van der Waals surface area contributed by atoms with Crippen molar-refractivity contribution in [3.05, 3.63) is 0 Å². The van der Waals surface area contributed by atoms with Crippen LogP contribution in [0.5, 0.6) is 0 Å². The first-order valence-electron chi connectivity index (χ1n) is 3.78. The molecule has 0 saturated heterocycles. The summed E-state index contributed by atoms with van der Waals surface area (Å²) in [6.07, 6.45) is 2.33. The molecule has 11 heavy (non-hydrogen) atoms. The van der Waals surface area contributed by atoms with Crippen molar-refractivity contribution in [2.45, 2.75) is 26.2 Å². The Bertz CT molecular complexity index is 106. The van der Waals surface area contributed by atoms with E-state index in [4.69, 9.17) is 4.74 Å². The summed E-state index contributed by atoms with van der Waals surface area (Å²) in [5, 5.41) is 0. The van der Waals surface area contributed by atoms with Gasteiger partial charge in [0.15, 0.2) is 0 Å². The summed E-state index contributed by atoms with van der Waals surface area (Å²) in [5.74, 6) is -0.180. The summed E-state index contributed by atoms with van der Waals surface area (Å²) >= 11 is 0. The summed E-state index contributed by atoms with van der Waals surface area (Å²) in [7, 11) is 2.09. The second-order valence-electron chi connectivity index (χ2n) is 2.19. The SMILES string of the molecule is CCCCOC(=O)CCOP. The number of carbonyl (C=O) groups is 1. The first-order chi connectivity index (χ1) is 5.31. The second-order valence-corrected chi connectivity index (χ2v) is 2.53. The molecule has 0 aliphatic carbocycles. The third-order valence-electron chi connectivity index (χ3n) is 1.18. The average Bonchev–Trinajstić information content (AvgIpc) is 2.01. The van der Waals surface area contributed by atoms with Crippen LogP contribution in [0.15, 0.2) is 0 Å². The van der Waals surface area contributed by atoms with Crippen LogP contribution in [0.1, 0.15) is 26.2 Å². The molecular formula is C7H15O3P. The molecule has 4 heteroatoms. The Balaban J connectivity index is 3.09. The van der Waals surface area contributed by atoms with E-state index in [0.717, 1.165) is 12.8 Å². The summed E-state index contributed by atoms with van der Waals surface area (Å²) in [6, 6.07) is 0. The normalized spacial score (nSPS) is 9.64. The predicted octanol–water partition coefficient (Wildman–Crippen LogP) is 1.53.